The summed E-state index contributed by atoms with van der Waals surface area (Å²) >= 11 is 0. The second kappa shape index (κ2) is 6.87. The van der Waals surface area contributed by atoms with Crippen LogP contribution in [0.2, 0.25) is 0 Å². The number of benzene rings is 2. The van der Waals surface area contributed by atoms with Crippen molar-refractivity contribution in [2.24, 2.45) is 5.92 Å². The summed E-state index contributed by atoms with van der Waals surface area (Å²) in [5, 5.41) is 0. The van der Waals surface area contributed by atoms with Gasteiger partial charge in [-0.3, -0.25) is 9.59 Å². The van der Waals surface area contributed by atoms with Crippen molar-refractivity contribution in [3.8, 4) is 5.75 Å². The Kier molecular flexibility index (Phi) is 4.65. The Balaban J connectivity index is 1.67. The molecule has 1 aliphatic rings. The first-order valence-electron chi connectivity index (χ1n) is 8.24. The molecule has 0 aliphatic carbocycles. The summed E-state index contributed by atoms with van der Waals surface area (Å²) in [6.45, 7) is 4.43. The van der Waals surface area contributed by atoms with Crippen LogP contribution in [-0.2, 0) is 16.0 Å². The first-order chi connectivity index (χ1) is 11.6. The zero-order valence-electron chi connectivity index (χ0n) is 14.0. The largest absolute Gasteiger partial charge is 0.426 e. The Labute approximate surface area is 142 Å². The maximum Gasteiger partial charge on any atom is 0.316 e. The number of carbonyl (C=O) groups is 2. The minimum absolute atomic E-state index is 0.0381. The molecule has 0 N–H and O–H groups in total. The third-order valence-corrected chi connectivity index (χ3v) is 4.32. The zero-order valence-corrected chi connectivity index (χ0v) is 14.0. The summed E-state index contributed by atoms with van der Waals surface area (Å²) in [6.07, 6.45) is 1.14. The SMILES string of the molecule is CCc1ccc(OC(=O)[C@H]2CC(=O)N(c3cccc(C)c3)C2)cc1. The van der Waals surface area contributed by atoms with Gasteiger partial charge >= 0.3 is 5.97 Å². The van der Waals surface area contributed by atoms with E-state index < -0.39 is 5.92 Å². The lowest BCUT2D eigenvalue weighted by atomic mass is 10.1. The van der Waals surface area contributed by atoms with Crippen LogP contribution in [0.25, 0.3) is 0 Å². The predicted octanol–water partition coefficient (Wildman–Crippen LogP) is 3.52. The maximum atomic E-state index is 12.4. The summed E-state index contributed by atoms with van der Waals surface area (Å²) in [5.41, 5.74) is 3.11. The lowest BCUT2D eigenvalue weighted by Crippen LogP contribution is -2.27. The van der Waals surface area contributed by atoms with Crippen molar-refractivity contribution in [3.05, 3.63) is 59.7 Å². The van der Waals surface area contributed by atoms with E-state index in [0.29, 0.717) is 12.3 Å². The molecule has 3 rings (SSSR count). The smallest absolute Gasteiger partial charge is 0.316 e. The molecule has 0 radical (unpaired) electrons. The van der Waals surface area contributed by atoms with Crippen LogP contribution in [0.15, 0.2) is 48.5 Å². The van der Waals surface area contributed by atoms with Gasteiger partial charge in [-0.05, 0) is 48.7 Å². The van der Waals surface area contributed by atoms with Gasteiger partial charge in [0.05, 0.1) is 5.92 Å². The van der Waals surface area contributed by atoms with Gasteiger partial charge in [0, 0.05) is 18.7 Å². The number of aryl methyl sites for hydroxylation is 2. The zero-order chi connectivity index (χ0) is 17.1. The molecule has 1 aliphatic heterocycles. The highest BCUT2D eigenvalue weighted by Gasteiger charge is 2.36. The van der Waals surface area contributed by atoms with Crippen LogP contribution < -0.4 is 9.64 Å². The molecule has 0 aromatic heterocycles. The second-order valence-corrected chi connectivity index (χ2v) is 6.16. The average Bonchev–Trinajstić information content (AvgIpc) is 2.97. The van der Waals surface area contributed by atoms with Crippen LogP contribution in [-0.4, -0.2) is 18.4 Å². The summed E-state index contributed by atoms with van der Waals surface area (Å²) in [4.78, 5) is 26.3. The van der Waals surface area contributed by atoms with Gasteiger partial charge in [0.25, 0.3) is 0 Å². The highest BCUT2D eigenvalue weighted by atomic mass is 16.5. The molecule has 1 fully saturated rings. The molecule has 124 valence electrons. The van der Waals surface area contributed by atoms with Crippen molar-refractivity contribution in [2.75, 3.05) is 11.4 Å². The Bertz CT molecular complexity index is 752. The fourth-order valence-electron chi connectivity index (χ4n) is 2.90. The van der Waals surface area contributed by atoms with E-state index in [1.54, 1.807) is 17.0 Å². The summed E-state index contributed by atoms with van der Waals surface area (Å²) in [7, 11) is 0. The minimum atomic E-state index is -0.427. The van der Waals surface area contributed by atoms with E-state index in [1.807, 2.05) is 43.3 Å². The monoisotopic (exact) mass is 323 g/mol. The molecule has 1 amide bonds. The van der Waals surface area contributed by atoms with Crippen molar-refractivity contribution in [1.29, 1.82) is 0 Å². The van der Waals surface area contributed by atoms with Crippen molar-refractivity contribution in [3.63, 3.8) is 0 Å². The average molecular weight is 323 g/mol. The lowest BCUT2D eigenvalue weighted by molar-refractivity contribution is -0.139. The Morgan fingerprint density at radius 2 is 1.96 bits per heavy atom. The number of carbonyl (C=O) groups excluding carboxylic acids is 2. The third kappa shape index (κ3) is 3.48. The number of anilines is 1. The molecule has 1 saturated heterocycles. The van der Waals surface area contributed by atoms with Crippen molar-refractivity contribution >= 4 is 17.6 Å². The highest BCUT2D eigenvalue weighted by Crippen LogP contribution is 2.27. The molecular weight excluding hydrogens is 302 g/mol. The fraction of sp³-hybridized carbons (Fsp3) is 0.300. The predicted molar refractivity (Wildman–Crippen MR) is 93.1 cm³/mol. The summed E-state index contributed by atoms with van der Waals surface area (Å²) in [5.74, 6) is -0.283. The van der Waals surface area contributed by atoms with Gasteiger partial charge in [0.15, 0.2) is 0 Å². The normalized spacial score (nSPS) is 17.2. The summed E-state index contributed by atoms with van der Waals surface area (Å²) < 4.78 is 5.44. The first kappa shape index (κ1) is 16.2. The number of esters is 1. The number of hydrogen-bond acceptors (Lipinski definition) is 3. The number of hydrogen-bond donors (Lipinski definition) is 0. The van der Waals surface area contributed by atoms with Gasteiger partial charge in [-0.15, -0.1) is 0 Å². The molecule has 1 heterocycles. The molecule has 0 unspecified atom stereocenters. The third-order valence-electron chi connectivity index (χ3n) is 4.32. The van der Waals surface area contributed by atoms with Crippen molar-refractivity contribution in [2.45, 2.75) is 26.7 Å². The number of ether oxygens (including phenoxy) is 1. The number of amides is 1. The lowest BCUT2D eigenvalue weighted by Gasteiger charge is -2.17. The second-order valence-electron chi connectivity index (χ2n) is 6.16. The first-order valence-corrected chi connectivity index (χ1v) is 8.24. The van der Waals surface area contributed by atoms with Gasteiger partial charge < -0.3 is 9.64 Å². The van der Waals surface area contributed by atoms with E-state index in [0.717, 1.165) is 17.7 Å². The van der Waals surface area contributed by atoms with Crippen LogP contribution in [0.5, 0.6) is 5.75 Å². The van der Waals surface area contributed by atoms with E-state index in [9.17, 15) is 9.59 Å². The molecular formula is C20H21NO3. The van der Waals surface area contributed by atoms with E-state index in [1.165, 1.54) is 5.56 Å². The quantitative estimate of drug-likeness (QED) is 0.639. The molecule has 0 spiro atoms. The van der Waals surface area contributed by atoms with Crippen molar-refractivity contribution in [1.82, 2.24) is 0 Å². The van der Waals surface area contributed by atoms with Gasteiger partial charge in [0.2, 0.25) is 5.91 Å². The van der Waals surface area contributed by atoms with Crippen molar-refractivity contribution < 1.29 is 14.3 Å². The van der Waals surface area contributed by atoms with Gasteiger partial charge in [-0.2, -0.15) is 0 Å². The van der Waals surface area contributed by atoms with Crippen LogP contribution in [0.3, 0.4) is 0 Å². The summed E-state index contributed by atoms with van der Waals surface area (Å²) in [6, 6.07) is 15.2. The molecule has 1 atom stereocenters. The van der Waals surface area contributed by atoms with Gasteiger partial charge in [-0.25, -0.2) is 0 Å². The topological polar surface area (TPSA) is 46.6 Å². The van der Waals surface area contributed by atoms with E-state index >= 15 is 0 Å². The van der Waals surface area contributed by atoms with E-state index in [-0.39, 0.29) is 18.3 Å². The highest BCUT2D eigenvalue weighted by molar-refractivity contribution is 5.99. The van der Waals surface area contributed by atoms with Crippen LogP contribution in [0.4, 0.5) is 5.69 Å². The van der Waals surface area contributed by atoms with Gasteiger partial charge in [0.1, 0.15) is 5.75 Å². The molecule has 24 heavy (non-hydrogen) atoms. The van der Waals surface area contributed by atoms with Crippen LogP contribution >= 0.6 is 0 Å². The molecule has 2 aromatic rings. The molecule has 4 nitrogen and oxygen atoms in total. The van der Waals surface area contributed by atoms with E-state index in [2.05, 4.69) is 6.92 Å². The standard InChI is InChI=1S/C20H21NO3/c1-3-15-7-9-18(10-8-15)24-20(23)16-12-19(22)21(13-16)17-6-4-5-14(2)11-17/h4-11,16H,3,12-13H2,1-2H3/t16-/m0/s1. The fourth-order valence-corrected chi connectivity index (χ4v) is 2.90. The van der Waals surface area contributed by atoms with Crippen LogP contribution in [0.1, 0.15) is 24.5 Å². The Morgan fingerprint density at radius 1 is 1.21 bits per heavy atom. The molecule has 4 heteroatoms. The molecule has 2 aromatic carbocycles. The molecule has 0 saturated carbocycles. The van der Waals surface area contributed by atoms with E-state index in [4.69, 9.17) is 4.74 Å². The minimum Gasteiger partial charge on any atom is -0.426 e. The number of rotatable bonds is 4. The van der Waals surface area contributed by atoms with Gasteiger partial charge in [-0.1, -0.05) is 31.2 Å². The number of nitrogens with zero attached hydrogens (tertiary/aromatic N) is 1. The molecule has 0 bridgehead atoms. The Hall–Kier alpha value is -2.62. The van der Waals surface area contributed by atoms with Crippen LogP contribution in [0, 0.1) is 12.8 Å². The Morgan fingerprint density at radius 3 is 2.62 bits per heavy atom. The maximum absolute atomic E-state index is 12.4.